The molecular formula is C16H18N4O2S. The fourth-order valence-corrected chi connectivity index (χ4v) is 4.90. The van der Waals surface area contributed by atoms with Gasteiger partial charge < -0.3 is 10.2 Å². The summed E-state index contributed by atoms with van der Waals surface area (Å²) in [6, 6.07) is 9.99. The SMILES string of the molecule is O=S1(=O)CCC(Nc2ccnc(N3CCc4ccccc43)n2)C1. The first-order chi connectivity index (χ1) is 11.1. The van der Waals surface area contributed by atoms with Gasteiger partial charge in [-0.3, -0.25) is 0 Å². The van der Waals surface area contributed by atoms with Gasteiger partial charge in [0.1, 0.15) is 5.82 Å². The molecule has 2 aliphatic heterocycles. The van der Waals surface area contributed by atoms with E-state index in [2.05, 4.69) is 32.3 Å². The van der Waals surface area contributed by atoms with Gasteiger partial charge in [-0.05, 0) is 30.5 Å². The van der Waals surface area contributed by atoms with E-state index < -0.39 is 9.84 Å². The summed E-state index contributed by atoms with van der Waals surface area (Å²) in [7, 11) is -2.90. The van der Waals surface area contributed by atoms with Crippen molar-refractivity contribution >= 4 is 27.3 Å². The van der Waals surface area contributed by atoms with E-state index in [4.69, 9.17) is 0 Å². The number of hydrogen-bond acceptors (Lipinski definition) is 6. The Kier molecular flexibility index (Phi) is 3.45. The van der Waals surface area contributed by atoms with Crippen molar-refractivity contribution in [2.45, 2.75) is 18.9 Å². The third-order valence-electron chi connectivity index (χ3n) is 4.36. The lowest BCUT2D eigenvalue weighted by molar-refractivity contribution is 0.602. The lowest BCUT2D eigenvalue weighted by atomic mass is 10.2. The molecule has 1 N–H and O–H groups in total. The number of nitrogens with one attached hydrogen (secondary N) is 1. The van der Waals surface area contributed by atoms with Crippen LogP contribution in [0.4, 0.5) is 17.5 Å². The first kappa shape index (κ1) is 14.4. The zero-order chi connectivity index (χ0) is 15.9. The van der Waals surface area contributed by atoms with Crippen LogP contribution in [0.3, 0.4) is 0 Å². The van der Waals surface area contributed by atoms with Crippen LogP contribution in [0.5, 0.6) is 0 Å². The highest BCUT2D eigenvalue weighted by atomic mass is 32.2. The van der Waals surface area contributed by atoms with Crippen LogP contribution < -0.4 is 10.2 Å². The van der Waals surface area contributed by atoms with E-state index in [0.29, 0.717) is 18.2 Å². The zero-order valence-corrected chi connectivity index (χ0v) is 13.5. The van der Waals surface area contributed by atoms with Crippen LogP contribution in [0, 0.1) is 0 Å². The molecular weight excluding hydrogens is 312 g/mol. The van der Waals surface area contributed by atoms with Crippen LogP contribution in [0.25, 0.3) is 0 Å². The van der Waals surface area contributed by atoms with Gasteiger partial charge in [0.05, 0.1) is 11.5 Å². The number of rotatable bonds is 3. The summed E-state index contributed by atoms with van der Waals surface area (Å²) in [5.74, 6) is 1.77. The van der Waals surface area contributed by atoms with Gasteiger partial charge in [-0.1, -0.05) is 18.2 Å². The minimum atomic E-state index is -2.90. The molecule has 1 saturated heterocycles. The van der Waals surface area contributed by atoms with E-state index in [-0.39, 0.29) is 17.5 Å². The van der Waals surface area contributed by atoms with E-state index in [1.807, 2.05) is 12.1 Å². The number of para-hydroxylation sites is 1. The summed E-state index contributed by atoms with van der Waals surface area (Å²) >= 11 is 0. The van der Waals surface area contributed by atoms with Crippen molar-refractivity contribution in [2.75, 3.05) is 28.3 Å². The van der Waals surface area contributed by atoms with E-state index in [9.17, 15) is 8.42 Å². The molecule has 2 aliphatic rings. The maximum absolute atomic E-state index is 11.6. The first-order valence-corrected chi connectivity index (χ1v) is 9.58. The highest BCUT2D eigenvalue weighted by Gasteiger charge is 2.28. The van der Waals surface area contributed by atoms with Crippen LogP contribution in [0.2, 0.25) is 0 Å². The Morgan fingerprint density at radius 3 is 2.91 bits per heavy atom. The molecule has 1 aromatic heterocycles. The third kappa shape index (κ3) is 2.88. The summed E-state index contributed by atoms with van der Waals surface area (Å²) in [6.45, 7) is 0.862. The maximum Gasteiger partial charge on any atom is 0.231 e. The van der Waals surface area contributed by atoms with Crippen molar-refractivity contribution in [3.8, 4) is 0 Å². The van der Waals surface area contributed by atoms with Crippen LogP contribution in [0.15, 0.2) is 36.5 Å². The predicted molar refractivity (Wildman–Crippen MR) is 89.9 cm³/mol. The molecule has 1 aromatic carbocycles. The lowest BCUT2D eigenvalue weighted by Crippen LogP contribution is -2.22. The highest BCUT2D eigenvalue weighted by molar-refractivity contribution is 7.91. The Labute approximate surface area is 135 Å². The normalized spacial score (nSPS) is 22.1. The van der Waals surface area contributed by atoms with Gasteiger partial charge in [0.25, 0.3) is 0 Å². The van der Waals surface area contributed by atoms with Crippen LogP contribution in [-0.2, 0) is 16.3 Å². The van der Waals surface area contributed by atoms with Crippen molar-refractivity contribution in [1.29, 1.82) is 0 Å². The van der Waals surface area contributed by atoms with Crippen molar-refractivity contribution in [1.82, 2.24) is 9.97 Å². The number of sulfone groups is 1. The van der Waals surface area contributed by atoms with Gasteiger partial charge >= 0.3 is 0 Å². The number of anilines is 3. The summed E-state index contributed by atoms with van der Waals surface area (Å²) in [6.07, 6.45) is 3.33. The van der Waals surface area contributed by atoms with Gasteiger partial charge in [0.2, 0.25) is 5.95 Å². The molecule has 0 radical (unpaired) electrons. The summed E-state index contributed by atoms with van der Waals surface area (Å²) in [4.78, 5) is 11.1. The minimum absolute atomic E-state index is 0.0615. The summed E-state index contributed by atoms with van der Waals surface area (Å²) in [5, 5.41) is 3.23. The number of benzene rings is 1. The van der Waals surface area contributed by atoms with E-state index in [1.165, 1.54) is 5.56 Å². The van der Waals surface area contributed by atoms with Crippen molar-refractivity contribution in [3.63, 3.8) is 0 Å². The molecule has 120 valence electrons. The number of nitrogens with zero attached hydrogens (tertiary/aromatic N) is 3. The van der Waals surface area contributed by atoms with Gasteiger partial charge in [0.15, 0.2) is 9.84 Å². The van der Waals surface area contributed by atoms with Crippen LogP contribution in [0.1, 0.15) is 12.0 Å². The third-order valence-corrected chi connectivity index (χ3v) is 6.12. The molecule has 0 aliphatic carbocycles. The molecule has 2 aromatic rings. The Morgan fingerprint density at radius 2 is 2.09 bits per heavy atom. The predicted octanol–water partition coefficient (Wildman–Crippen LogP) is 1.77. The molecule has 4 rings (SSSR count). The van der Waals surface area contributed by atoms with Crippen LogP contribution in [-0.4, -0.2) is 42.5 Å². The number of fused-ring (bicyclic) bond motifs is 1. The molecule has 0 bridgehead atoms. The monoisotopic (exact) mass is 330 g/mol. The quantitative estimate of drug-likeness (QED) is 0.924. The van der Waals surface area contributed by atoms with Gasteiger partial charge in [-0.25, -0.2) is 13.4 Å². The fraction of sp³-hybridized carbons (Fsp3) is 0.375. The minimum Gasteiger partial charge on any atom is -0.366 e. The average molecular weight is 330 g/mol. The number of hydrogen-bond donors (Lipinski definition) is 1. The molecule has 6 nitrogen and oxygen atoms in total. The second-order valence-electron chi connectivity index (χ2n) is 6.02. The highest BCUT2D eigenvalue weighted by Crippen LogP contribution is 2.32. The maximum atomic E-state index is 11.6. The molecule has 7 heteroatoms. The summed E-state index contributed by atoms with van der Waals surface area (Å²) in [5.41, 5.74) is 2.45. The van der Waals surface area contributed by atoms with Crippen molar-refractivity contribution < 1.29 is 8.42 Å². The van der Waals surface area contributed by atoms with E-state index in [0.717, 1.165) is 18.7 Å². The summed E-state index contributed by atoms with van der Waals surface area (Å²) < 4.78 is 23.1. The van der Waals surface area contributed by atoms with E-state index in [1.54, 1.807) is 12.3 Å². The average Bonchev–Trinajstić information content (AvgIpc) is 3.11. The van der Waals surface area contributed by atoms with Crippen molar-refractivity contribution in [3.05, 3.63) is 42.1 Å². The Balaban J connectivity index is 1.56. The second-order valence-corrected chi connectivity index (χ2v) is 8.25. The van der Waals surface area contributed by atoms with E-state index >= 15 is 0 Å². The Morgan fingerprint density at radius 1 is 1.22 bits per heavy atom. The zero-order valence-electron chi connectivity index (χ0n) is 12.6. The Hall–Kier alpha value is -2.15. The van der Waals surface area contributed by atoms with Crippen LogP contribution >= 0.6 is 0 Å². The molecule has 3 heterocycles. The molecule has 1 atom stereocenters. The van der Waals surface area contributed by atoms with Gasteiger partial charge in [-0.15, -0.1) is 0 Å². The second kappa shape index (κ2) is 5.49. The lowest BCUT2D eigenvalue weighted by Gasteiger charge is -2.18. The van der Waals surface area contributed by atoms with Gasteiger partial charge in [-0.2, -0.15) is 4.98 Å². The molecule has 23 heavy (non-hydrogen) atoms. The fourth-order valence-electron chi connectivity index (χ4n) is 3.22. The molecule has 0 spiro atoms. The standard InChI is InChI=1S/C16H18N4O2S/c21-23(22)10-7-13(11-23)18-15-5-8-17-16(19-15)20-9-6-12-3-1-2-4-14(12)20/h1-5,8,13H,6-7,9-11H2,(H,17,18,19). The number of aromatic nitrogens is 2. The smallest absolute Gasteiger partial charge is 0.231 e. The Bertz CT molecular complexity index is 837. The largest absolute Gasteiger partial charge is 0.366 e. The molecule has 1 unspecified atom stereocenters. The van der Waals surface area contributed by atoms with Gasteiger partial charge in [0, 0.05) is 24.5 Å². The first-order valence-electron chi connectivity index (χ1n) is 7.76. The molecule has 0 saturated carbocycles. The van der Waals surface area contributed by atoms with Crippen molar-refractivity contribution in [2.24, 2.45) is 0 Å². The topological polar surface area (TPSA) is 75.2 Å². The molecule has 1 fully saturated rings. The molecule has 0 amide bonds.